The number of benzene rings is 2. The summed E-state index contributed by atoms with van der Waals surface area (Å²) in [7, 11) is 0. The van der Waals surface area contributed by atoms with Gasteiger partial charge in [-0.1, -0.05) is 0 Å². The van der Waals surface area contributed by atoms with Crippen LogP contribution < -0.4 is 4.46 Å². The van der Waals surface area contributed by atoms with Crippen molar-refractivity contribution in [2.75, 3.05) is 0 Å². The maximum atomic E-state index is 10.9. The van der Waals surface area contributed by atoms with Gasteiger partial charge in [0.2, 0.25) is 0 Å². The van der Waals surface area contributed by atoms with Crippen molar-refractivity contribution in [3.05, 3.63) is 99.6 Å². The first-order valence-electron chi connectivity index (χ1n) is 7.37. The molecule has 0 bridgehead atoms. The van der Waals surface area contributed by atoms with E-state index in [4.69, 9.17) is 11.6 Å². The average molecular weight is 403 g/mol. The summed E-state index contributed by atoms with van der Waals surface area (Å²) in [5.74, 6) is 0.0717. The van der Waals surface area contributed by atoms with Gasteiger partial charge in [-0.2, -0.15) is 0 Å². The van der Waals surface area contributed by atoms with Crippen molar-refractivity contribution in [3.8, 4) is 0 Å². The summed E-state index contributed by atoms with van der Waals surface area (Å²) < 4.78 is 2.26. The third-order valence-electron chi connectivity index (χ3n) is 3.56. The van der Waals surface area contributed by atoms with E-state index in [1.807, 2.05) is 30.4 Å². The van der Waals surface area contributed by atoms with Crippen LogP contribution in [0.25, 0.3) is 4.47 Å². The minimum absolute atomic E-state index is 0.0126. The standard InChI is InChI=1S/C19H14ClNO2Se/c20-18(14-6-4-5-7-14)19(24-17-8-2-1-3-9-17)15-10-12-16(13-11-15)21(22)23/h1-14H/b19-18+. The molecular weight excluding hydrogens is 389 g/mol. The minimum atomic E-state index is -0.389. The van der Waals surface area contributed by atoms with Crippen LogP contribution in [-0.2, 0) is 0 Å². The van der Waals surface area contributed by atoms with Gasteiger partial charge in [0.05, 0.1) is 0 Å². The average Bonchev–Trinajstić information content (AvgIpc) is 3.15. The van der Waals surface area contributed by atoms with Crippen molar-refractivity contribution in [1.29, 1.82) is 0 Å². The van der Waals surface area contributed by atoms with Gasteiger partial charge in [0, 0.05) is 0 Å². The molecule has 24 heavy (non-hydrogen) atoms. The maximum absolute atomic E-state index is 10.9. The summed E-state index contributed by atoms with van der Waals surface area (Å²) in [6, 6.07) is 16.8. The van der Waals surface area contributed by atoms with E-state index in [1.54, 1.807) is 12.1 Å². The predicted octanol–water partition coefficient (Wildman–Crippen LogP) is 4.27. The predicted molar refractivity (Wildman–Crippen MR) is 99.5 cm³/mol. The topological polar surface area (TPSA) is 43.1 Å². The second kappa shape index (κ2) is 7.63. The molecule has 1 aliphatic rings. The summed E-state index contributed by atoms with van der Waals surface area (Å²) in [4.78, 5) is 10.5. The van der Waals surface area contributed by atoms with Crippen molar-refractivity contribution in [3.63, 3.8) is 0 Å². The van der Waals surface area contributed by atoms with Crippen LogP contribution in [0.2, 0.25) is 0 Å². The van der Waals surface area contributed by atoms with Crippen LogP contribution in [0.3, 0.4) is 0 Å². The molecule has 3 nitrogen and oxygen atoms in total. The first-order chi connectivity index (χ1) is 11.6. The van der Waals surface area contributed by atoms with Crippen LogP contribution in [0.5, 0.6) is 0 Å². The molecule has 0 radical (unpaired) electrons. The Balaban J connectivity index is 2.01. The zero-order chi connectivity index (χ0) is 16.9. The number of non-ortho nitro benzene ring substituents is 1. The van der Waals surface area contributed by atoms with Crippen LogP contribution in [-0.4, -0.2) is 19.9 Å². The van der Waals surface area contributed by atoms with Crippen LogP contribution >= 0.6 is 11.6 Å². The molecule has 0 spiro atoms. The van der Waals surface area contributed by atoms with E-state index in [0.717, 1.165) is 15.1 Å². The molecule has 0 N–H and O–H groups in total. The van der Waals surface area contributed by atoms with Crippen molar-refractivity contribution in [2.24, 2.45) is 5.92 Å². The van der Waals surface area contributed by atoms with Gasteiger partial charge in [-0.15, -0.1) is 0 Å². The first-order valence-corrected chi connectivity index (χ1v) is 9.46. The monoisotopic (exact) mass is 403 g/mol. The van der Waals surface area contributed by atoms with Crippen LogP contribution in [0.1, 0.15) is 5.56 Å². The van der Waals surface area contributed by atoms with E-state index in [-0.39, 0.29) is 31.5 Å². The van der Waals surface area contributed by atoms with Crippen LogP contribution in [0.4, 0.5) is 5.69 Å². The second-order valence-corrected chi connectivity index (χ2v) is 7.87. The van der Waals surface area contributed by atoms with Gasteiger partial charge < -0.3 is 0 Å². The molecule has 1 aliphatic carbocycles. The van der Waals surface area contributed by atoms with E-state index in [0.29, 0.717) is 0 Å². The Bertz CT molecular complexity index is 814. The summed E-state index contributed by atoms with van der Waals surface area (Å²) in [5.41, 5.74) is 1.02. The molecule has 0 amide bonds. The van der Waals surface area contributed by atoms with E-state index in [2.05, 4.69) is 24.3 Å². The molecular formula is C19H14ClNO2Se. The normalized spacial score (nSPS) is 14.7. The number of nitro groups is 1. The van der Waals surface area contributed by atoms with E-state index >= 15 is 0 Å². The Hall–Kier alpha value is -2.13. The molecule has 0 fully saturated rings. The van der Waals surface area contributed by atoms with Crippen LogP contribution in [0, 0.1) is 16.0 Å². The fourth-order valence-electron chi connectivity index (χ4n) is 2.34. The second-order valence-electron chi connectivity index (χ2n) is 5.19. The zero-order valence-corrected chi connectivity index (χ0v) is 15.1. The summed E-state index contributed by atoms with van der Waals surface area (Å²) >= 11 is 6.71. The SMILES string of the molecule is O=[N+]([O-])c1ccc(/C([Se]c2ccccc2)=C(\Cl)C2C=CC=C2)cc1. The van der Waals surface area contributed by atoms with Gasteiger partial charge in [-0.05, 0) is 0 Å². The van der Waals surface area contributed by atoms with E-state index in [9.17, 15) is 10.1 Å². The third-order valence-corrected chi connectivity index (χ3v) is 6.71. The fraction of sp³-hybridized carbons (Fsp3) is 0.0526. The number of hydrogen-bond acceptors (Lipinski definition) is 2. The molecule has 0 aliphatic heterocycles. The van der Waals surface area contributed by atoms with Crippen molar-refractivity contribution in [2.45, 2.75) is 0 Å². The molecule has 0 saturated carbocycles. The number of allylic oxidation sites excluding steroid dienone is 5. The molecule has 0 atom stereocenters. The molecule has 2 aromatic rings. The fourth-order valence-corrected chi connectivity index (χ4v) is 4.93. The summed E-state index contributed by atoms with van der Waals surface area (Å²) in [5, 5.41) is 11.6. The number of hydrogen-bond donors (Lipinski definition) is 0. The molecule has 0 unspecified atom stereocenters. The molecule has 3 rings (SSSR count). The van der Waals surface area contributed by atoms with Crippen molar-refractivity contribution < 1.29 is 4.92 Å². The number of halogens is 1. The Labute approximate surface area is 151 Å². The molecule has 5 heteroatoms. The zero-order valence-electron chi connectivity index (χ0n) is 12.6. The summed E-state index contributed by atoms with van der Waals surface area (Å²) in [6.07, 6.45) is 8.07. The third kappa shape index (κ3) is 3.85. The van der Waals surface area contributed by atoms with E-state index < -0.39 is 0 Å². The number of rotatable bonds is 5. The Morgan fingerprint density at radius 3 is 2.21 bits per heavy atom. The molecule has 120 valence electrons. The van der Waals surface area contributed by atoms with Gasteiger partial charge in [0.25, 0.3) is 0 Å². The number of nitro benzene ring substituents is 1. The first kappa shape index (κ1) is 16.7. The Morgan fingerprint density at radius 2 is 1.62 bits per heavy atom. The van der Waals surface area contributed by atoms with E-state index in [1.165, 1.54) is 16.6 Å². The van der Waals surface area contributed by atoms with Gasteiger partial charge in [0.15, 0.2) is 0 Å². The molecule has 0 saturated heterocycles. The number of nitrogens with zero attached hydrogens (tertiary/aromatic N) is 1. The Morgan fingerprint density at radius 1 is 1.00 bits per heavy atom. The summed E-state index contributed by atoms with van der Waals surface area (Å²) in [6.45, 7) is 0. The van der Waals surface area contributed by atoms with Gasteiger partial charge >= 0.3 is 152 Å². The van der Waals surface area contributed by atoms with Gasteiger partial charge in [-0.3, -0.25) is 0 Å². The van der Waals surface area contributed by atoms with Gasteiger partial charge in [0.1, 0.15) is 0 Å². The van der Waals surface area contributed by atoms with Crippen molar-refractivity contribution in [1.82, 2.24) is 0 Å². The molecule has 0 heterocycles. The van der Waals surface area contributed by atoms with Gasteiger partial charge in [-0.25, -0.2) is 0 Å². The van der Waals surface area contributed by atoms with Crippen molar-refractivity contribution >= 4 is 41.2 Å². The van der Waals surface area contributed by atoms with Crippen LogP contribution in [0.15, 0.2) is 83.9 Å². The molecule has 2 aromatic carbocycles. The quantitative estimate of drug-likeness (QED) is 0.426. The molecule has 0 aromatic heterocycles. The Kier molecular flexibility index (Phi) is 5.31.